The third-order valence-electron chi connectivity index (χ3n) is 2.91. The molecule has 0 saturated carbocycles. The van der Waals surface area contributed by atoms with E-state index in [2.05, 4.69) is 10.3 Å². The molecular weight excluding hydrogens is 256 g/mol. The van der Waals surface area contributed by atoms with Gasteiger partial charge in [0, 0.05) is 36.6 Å². The predicted molar refractivity (Wildman–Crippen MR) is 77.3 cm³/mol. The topological polar surface area (TPSA) is 90.0 Å². The van der Waals surface area contributed by atoms with Gasteiger partial charge < -0.3 is 11.1 Å². The fourth-order valence-electron chi connectivity index (χ4n) is 1.76. The molecular formula is C14H16N4O2. The fraction of sp³-hybridized carbons (Fsp3) is 0.214. The second-order valence-electron chi connectivity index (χ2n) is 4.48. The van der Waals surface area contributed by atoms with Gasteiger partial charge in [0.05, 0.1) is 6.33 Å². The largest absolute Gasteiger partial charge is 0.399 e. The van der Waals surface area contributed by atoms with Gasteiger partial charge in [0.2, 0.25) is 5.91 Å². The number of amides is 1. The second-order valence-corrected chi connectivity index (χ2v) is 4.48. The Morgan fingerprint density at radius 2 is 2.20 bits per heavy atom. The van der Waals surface area contributed by atoms with Crippen LogP contribution in [0.25, 0.3) is 0 Å². The van der Waals surface area contributed by atoms with Gasteiger partial charge in [-0.1, -0.05) is 6.07 Å². The molecule has 0 aliphatic heterocycles. The first-order valence-corrected chi connectivity index (χ1v) is 6.22. The number of hydrogen-bond acceptors (Lipinski definition) is 4. The maximum Gasteiger partial charge on any atom is 0.253 e. The second kappa shape index (κ2) is 6.01. The highest BCUT2D eigenvalue weighted by Gasteiger charge is 2.06. The maximum absolute atomic E-state index is 11.9. The molecule has 2 aromatic rings. The summed E-state index contributed by atoms with van der Waals surface area (Å²) in [5.74, 6) is -0.172. The molecule has 0 fully saturated rings. The molecule has 0 saturated heterocycles. The van der Waals surface area contributed by atoms with E-state index in [-0.39, 0.29) is 17.9 Å². The van der Waals surface area contributed by atoms with Crippen molar-refractivity contribution >= 4 is 17.3 Å². The first-order chi connectivity index (χ1) is 9.56. The highest BCUT2D eigenvalue weighted by molar-refractivity contribution is 5.91. The monoisotopic (exact) mass is 272 g/mol. The van der Waals surface area contributed by atoms with E-state index in [1.165, 1.54) is 23.2 Å². The van der Waals surface area contributed by atoms with Crippen LogP contribution in [0.5, 0.6) is 0 Å². The summed E-state index contributed by atoms with van der Waals surface area (Å²) < 4.78 is 1.39. The van der Waals surface area contributed by atoms with E-state index in [4.69, 9.17) is 5.73 Å². The molecule has 0 spiro atoms. The summed E-state index contributed by atoms with van der Waals surface area (Å²) in [4.78, 5) is 27.2. The zero-order valence-corrected chi connectivity index (χ0v) is 11.2. The minimum atomic E-state index is -0.173. The Morgan fingerprint density at radius 3 is 2.95 bits per heavy atom. The number of aromatic nitrogens is 2. The number of benzene rings is 1. The van der Waals surface area contributed by atoms with E-state index in [9.17, 15) is 9.59 Å². The van der Waals surface area contributed by atoms with Crippen LogP contribution < -0.4 is 16.6 Å². The molecule has 6 heteroatoms. The number of hydrogen-bond donors (Lipinski definition) is 2. The first-order valence-electron chi connectivity index (χ1n) is 6.22. The quantitative estimate of drug-likeness (QED) is 0.817. The van der Waals surface area contributed by atoms with Gasteiger partial charge in [0.15, 0.2) is 0 Å². The van der Waals surface area contributed by atoms with Gasteiger partial charge in [-0.25, -0.2) is 4.98 Å². The van der Waals surface area contributed by atoms with Crippen molar-refractivity contribution in [2.45, 2.75) is 19.9 Å². The molecule has 6 nitrogen and oxygen atoms in total. The summed E-state index contributed by atoms with van der Waals surface area (Å²) >= 11 is 0. The molecule has 2 rings (SSSR count). The first kappa shape index (κ1) is 13.8. The molecule has 1 amide bonds. The minimum Gasteiger partial charge on any atom is -0.399 e. The third-order valence-corrected chi connectivity index (χ3v) is 2.91. The van der Waals surface area contributed by atoms with Gasteiger partial charge in [-0.15, -0.1) is 0 Å². The van der Waals surface area contributed by atoms with Gasteiger partial charge in [0.25, 0.3) is 5.56 Å². The highest BCUT2D eigenvalue weighted by Crippen LogP contribution is 2.18. The number of anilines is 2. The average Bonchev–Trinajstić information content (AvgIpc) is 2.42. The molecule has 0 bridgehead atoms. The van der Waals surface area contributed by atoms with Gasteiger partial charge >= 0.3 is 0 Å². The molecule has 1 aromatic heterocycles. The molecule has 0 atom stereocenters. The van der Waals surface area contributed by atoms with Crippen molar-refractivity contribution in [3.05, 3.63) is 52.7 Å². The lowest BCUT2D eigenvalue weighted by Gasteiger charge is -2.09. The van der Waals surface area contributed by atoms with Gasteiger partial charge in [-0.05, 0) is 24.6 Å². The number of carbonyl (C=O) groups is 1. The van der Waals surface area contributed by atoms with Crippen molar-refractivity contribution in [1.29, 1.82) is 0 Å². The van der Waals surface area contributed by atoms with E-state index in [1.54, 1.807) is 12.1 Å². The summed E-state index contributed by atoms with van der Waals surface area (Å²) in [6.45, 7) is 2.18. The van der Waals surface area contributed by atoms with Crippen molar-refractivity contribution < 1.29 is 4.79 Å². The smallest absolute Gasteiger partial charge is 0.253 e. The van der Waals surface area contributed by atoms with Crippen LogP contribution in [0.15, 0.2) is 41.6 Å². The Kier molecular flexibility index (Phi) is 4.14. The molecule has 0 unspecified atom stereocenters. The normalized spacial score (nSPS) is 10.2. The standard InChI is InChI=1S/C14H16N4O2/c1-10-2-3-11(15)8-12(10)17-13(19)5-7-18-9-16-6-4-14(18)20/h2-4,6,8-9H,5,7,15H2,1H3,(H,17,19). The minimum absolute atomic E-state index is 0.172. The van der Waals surface area contributed by atoms with Crippen molar-refractivity contribution in [2.75, 3.05) is 11.1 Å². The van der Waals surface area contributed by atoms with Crippen molar-refractivity contribution in [1.82, 2.24) is 9.55 Å². The van der Waals surface area contributed by atoms with Crippen LogP contribution in [-0.2, 0) is 11.3 Å². The molecule has 0 aliphatic rings. The summed E-state index contributed by atoms with van der Waals surface area (Å²) in [5.41, 5.74) is 7.73. The van der Waals surface area contributed by atoms with Crippen molar-refractivity contribution in [2.24, 2.45) is 0 Å². The van der Waals surface area contributed by atoms with E-state index in [1.807, 2.05) is 13.0 Å². The van der Waals surface area contributed by atoms with E-state index in [0.29, 0.717) is 17.9 Å². The fourth-order valence-corrected chi connectivity index (χ4v) is 1.76. The third kappa shape index (κ3) is 3.44. The van der Waals surface area contributed by atoms with Crippen LogP contribution in [0, 0.1) is 6.92 Å². The Morgan fingerprint density at radius 1 is 1.40 bits per heavy atom. The summed E-state index contributed by atoms with van der Waals surface area (Å²) in [6, 6.07) is 6.69. The molecule has 1 aromatic carbocycles. The Hall–Kier alpha value is -2.63. The van der Waals surface area contributed by atoms with Crippen LogP contribution in [0.3, 0.4) is 0 Å². The SMILES string of the molecule is Cc1ccc(N)cc1NC(=O)CCn1cnccc1=O. The number of nitrogens with two attached hydrogens (primary N) is 1. The van der Waals surface area contributed by atoms with Gasteiger partial charge in [-0.3, -0.25) is 14.2 Å². The van der Waals surface area contributed by atoms with Crippen molar-refractivity contribution in [3.8, 4) is 0 Å². The van der Waals surface area contributed by atoms with Crippen molar-refractivity contribution in [3.63, 3.8) is 0 Å². The Labute approximate surface area is 116 Å². The zero-order valence-electron chi connectivity index (χ0n) is 11.2. The lowest BCUT2D eigenvalue weighted by Crippen LogP contribution is -2.22. The van der Waals surface area contributed by atoms with E-state index >= 15 is 0 Å². The van der Waals surface area contributed by atoms with Crippen LogP contribution in [0.4, 0.5) is 11.4 Å². The molecule has 1 heterocycles. The number of carbonyl (C=O) groups excluding carboxylic acids is 1. The molecule has 0 aliphatic carbocycles. The van der Waals surface area contributed by atoms with Gasteiger partial charge in [-0.2, -0.15) is 0 Å². The highest BCUT2D eigenvalue weighted by atomic mass is 16.1. The number of aryl methyl sites for hydroxylation is 2. The summed E-state index contributed by atoms with van der Waals surface area (Å²) in [7, 11) is 0. The number of nitrogens with one attached hydrogen (secondary N) is 1. The maximum atomic E-state index is 11.9. The molecule has 3 N–H and O–H groups in total. The molecule has 104 valence electrons. The predicted octanol–water partition coefficient (Wildman–Crippen LogP) is 1.16. The number of nitrogens with zero attached hydrogens (tertiary/aromatic N) is 2. The average molecular weight is 272 g/mol. The Balaban J connectivity index is 1.98. The zero-order chi connectivity index (χ0) is 14.5. The molecule has 0 radical (unpaired) electrons. The van der Waals surface area contributed by atoms with E-state index in [0.717, 1.165) is 5.56 Å². The lowest BCUT2D eigenvalue weighted by molar-refractivity contribution is -0.116. The summed E-state index contributed by atoms with van der Waals surface area (Å²) in [6.07, 6.45) is 3.04. The van der Waals surface area contributed by atoms with Crippen LogP contribution in [0.2, 0.25) is 0 Å². The number of nitrogen functional groups attached to an aromatic ring is 1. The summed E-state index contributed by atoms with van der Waals surface area (Å²) in [5, 5.41) is 2.79. The van der Waals surface area contributed by atoms with Crippen LogP contribution in [0.1, 0.15) is 12.0 Å². The van der Waals surface area contributed by atoms with Crippen LogP contribution >= 0.6 is 0 Å². The van der Waals surface area contributed by atoms with E-state index < -0.39 is 0 Å². The van der Waals surface area contributed by atoms with Gasteiger partial charge in [0.1, 0.15) is 0 Å². The van der Waals surface area contributed by atoms with Crippen LogP contribution in [-0.4, -0.2) is 15.5 Å². The Bertz CT molecular complexity index is 679. The number of rotatable bonds is 4. The lowest BCUT2D eigenvalue weighted by atomic mass is 10.2. The molecule has 20 heavy (non-hydrogen) atoms.